The number of nitrogens with zero attached hydrogens (tertiary/aromatic N) is 1. The van der Waals surface area contributed by atoms with Crippen molar-refractivity contribution in [1.29, 1.82) is 5.26 Å². The van der Waals surface area contributed by atoms with Gasteiger partial charge in [-0.1, -0.05) is 0 Å². The highest BCUT2D eigenvalue weighted by molar-refractivity contribution is 5.56. The molecular weight excluding hydrogens is 230 g/mol. The molecule has 96 valence electrons. The summed E-state index contributed by atoms with van der Waals surface area (Å²) in [6, 6.07) is 6.20. The number of benzene rings is 1. The Hall–Kier alpha value is -1.89. The van der Waals surface area contributed by atoms with Gasteiger partial charge in [0.05, 0.1) is 32.8 Å². The Morgan fingerprint density at radius 2 is 1.72 bits per heavy atom. The van der Waals surface area contributed by atoms with Gasteiger partial charge < -0.3 is 14.2 Å². The van der Waals surface area contributed by atoms with E-state index in [0.29, 0.717) is 17.2 Å². The number of hydrogen-bond donors (Lipinski definition) is 0. The van der Waals surface area contributed by atoms with Gasteiger partial charge in [0.25, 0.3) is 0 Å². The lowest BCUT2D eigenvalue weighted by atomic mass is 10.0. The third kappa shape index (κ3) is 1.86. The van der Waals surface area contributed by atoms with E-state index in [1.807, 2.05) is 19.1 Å². The zero-order chi connectivity index (χ0) is 13.3. The van der Waals surface area contributed by atoms with Crippen molar-refractivity contribution in [3.05, 3.63) is 17.7 Å². The summed E-state index contributed by atoms with van der Waals surface area (Å²) in [5, 5.41) is 9.11. The lowest BCUT2D eigenvalue weighted by Crippen LogP contribution is -1.98. The third-order valence-corrected chi connectivity index (χ3v) is 3.58. The van der Waals surface area contributed by atoms with Crippen LogP contribution in [-0.4, -0.2) is 21.3 Å². The zero-order valence-electron chi connectivity index (χ0n) is 11.1. The molecule has 1 aromatic carbocycles. The molecule has 0 bridgehead atoms. The van der Waals surface area contributed by atoms with Crippen LogP contribution in [-0.2, 0) is 0 Å². The molecule has 18 heavy (non-hydrogen) atoms. The molecule has 0 aliphatic heterocycles. The van der Waals surface area contributed by atoms with E-state index in [2.05, 4.69) is 6.07 Å². The molecule has 2 atom stereocenters. The molecule has 1 aliphatic carbocycles. The van der Waals surface area contributed by atoms with Crippen LogP contribution in [0.2, 0.25) is 0 Å². The summed E-state index contributed by atoms with van der Waals surface area (Å²) in [5.74, 6) is 2.11. The molecule has 0 saturated heterocycles. The average Bonchev–Trinajstić information content (AvgIpc) is 3.10. The smallest absolute Gasteiger partial charge is 0.203 e. The second-order valence-corrected chi connectivity index (χ2v) is 4.74. The summed E-state index contributed by atoms with van der Waals surface area (Å²) < 4.78 is 15.9. The molecule has 0 amide bonds. The standard InChI is InChI=1S/C14H17NO3/c1-14(8-15)7-10(14)9-5-11(16-2)13(18-4)12(6-9)17-3/h5-6,10H,7H2,1-4H3. The minimum atomic E-state index is -0.259. The molecule has 1 aromatic rings. The van der Waals surface area contributed by atoms with Gasteiger partial charge in [0, 0.05) is 5.92 Å². The number of methoxy groups -OCH3 is 3. The van der Waals surface area contributed by atoms with Crippen LogP contribution in [0.1, 0.15) is 24.8 Å². The first-order valence-corrected chi connectivity index (χ1v) is 5.80. The van der Waals surface area contributed by atoms with Crippen LogP contribution >= 0.6 is 0 Å². The van der Waals surface area contributed by atoms with Crippen LogP contribution in [0.25, 0.3) is 0 Å². The maximum absolute atomic E-state index is 9.11. The normalized spacial score (nSPS) is 25.2. The molecule has 1 fully saturated rings. The molecule has 0 heterocycles. The molecule has 0 N–H and O–H groups in total. The topological polar surface area (TPSA) is 51.5 Å². The quantitative estimate of drug-likeness (QED) is 0.820. The van der Waals surface area contributed by atoms with Crippen molar-refractivity contribution in [2.75, 3.05) is 21.3 Å². The summed E-state index contributed by atoms with van der Waals surface area (Å²) in [4.78, 5) is 0. The molecule has 2 rings (SSSR count). The second kappa shape index (κ2) is 4.41. The molecular formula is C14H17NO3. The fourth-order valence-electron chi connectivity index (χ4n) is 2.28. The predicted molar refractivity (Wildman–Crippen MR) is 67.2 cm³/mol. The summed E-state index contributed by atoms with van der Waals surface area (Å²) in [7, 11) is 4.77. The lowest BCUT2D eigenvalue weighted by molar-refractivity contribution is 0.323. The fourth-order valence-corrected chi connectivity index (χ4v) is 2.28. The van der Waals surface area contributed by atoms with E-state index < -0.39 is 0 Å². The van der Waals surface area contributed by atoms with E-state index in [1.54, 1.807) is 21.3 Å². The second-order valence-electron chi connectivity index (χ2n) is 4.74. The Balaban J connectivity index is 2.43. The van der Waals surface area contributed by atoms with Gasteiger partial charge in [0.15, 0.2) is 11.5 Å². The molecule has 0 aromatic heterocycles. The number of rotatable bonds is 4. The Kier molecular flexibility index (Phi) is 3.08. The SMILES string of the molecule is COc1cc(C2CC2(C)C#N)cc(OC)c1OC. The van der Waals surface area contributed by atoms with Gasteiger partial charge >= 0.3 is 0 Å². The van der Waals surface area contributed by atoms with Crippen LogP contribution in [0.5, 0.6) is 17.2 Å². The van der Waals surface area contributed by atoms with Crippen molar-refractivity contribution in [2.24, 2.45) is 5.41 Å². The van der Waals surface area contributed by atoms with E-state index in [-0.39, 0.29) is 11.3 Å². The first-order chi connectivity index (χ1) is 8.59. The van der Waals surface area contributed by atoms with Gasteiger partial charge in [-0.05, 0) is 31.0 Å². The van der Waals surface area contributed by atoms with E-state index in [9.17, 15) is 0 Å². The lowest BCUT2D eigenvalue weighted by Gasteiger charge is -2.14. The van der Waals surface area contributed by atoms with Crippen molar-refractivity contribution < 1.29 is 14.2 Å². The molecule has 1 saturated carbocycles. The maximum Gasteiger partial charge on any atom is 0.203 e. The predicted octanol–water partition coefficient (Wildman–Crippen LogP) is 2.73. The van der Waals surface area contributed by atoms with Crippen LogP contribution in [0, 0.1) is 16.7 Å². The van der Waals surface area contributed by atoms with Crippen molar-refractivity contribution in [1.82, 2.24) is 0 Å². The maximum atomic E-state index is 9.11. The number of nitriles is 1. The number of ether oxygens (including phenoxy) is 3. The van der Waals surface area contributed by atoms with Crippen LogP contribution in [0.4, 0.5) is 0 Å². The van der Waals surface area contributed by atoms with E-state index >= 15 is 0 Å². The Morgan fingerprint density at radius 1 is 1.17 bits per heavy atom. The molecule has 0 radical (unpaired) electrons. The largest absolute Gasteiger partial charge is 0.493 e. The first kappa shape index (κ1) is 12.6. The molecule has 0 spiro atoms. The van der Waals surface area contributed by atoms with Crippen molar-refractivity contribution in [3.63, 3.8) is 0 Å². The Morgan fingerprint density at radius 3 is 2.06 bits per heavy atom. The van der Waals surface area contributed by atoms with Crippen LogP contribution in [0.3, 0.4) is 0 Å². The molecule has 4 nitrogen and oxygen atoms in total. The van der Waals surface area contributed by atoms with Gasteiger partial charge in [0.1, 0.15) is 0 Å². The van der Waals surface area contributed by atoms with Gasteiger partial charge in [-0.2, -0.15) is 5.26 Å². The summed E-state index contributed by atoms with van der Waals surface area (Å²) in [6.45, 7) is 1.97. The molecule has 4 heteroatoms. The van der Waals surface area contributed by atoms with Gasteiger partial charge in [-0.25, -0.2) is 0 Å². The Labute approximate surface area is 107 Å². The van der Waals surface area contributed by atoms with Crippen molar-refractivity contribution in [2.45, 2.75) is 19.3 Å². The number of hydrogen-bond acceptors (Lipinski definition) is 4. The first-order valence-electron chi connectivity index (χ1n) is 5.80. The minimum Gasteiger partial charge on any atom is -0.493 e. The van der Waals surface area contributed by atoms with Gasteiger partial charge in [-0.3, -0.25) is 0 Å². The van der Waals surface area contributed by atoms with E-state index in [1.165, 1.54) is 0 Å². The molecule has 1 aliphatic rings. The van der Waals surface area contributed by atoms with Crippen LogP contribution in [0.15, 0.2) is 12.1 Å². The third-order valence-electron chi connectivity index (χ3n) is 3.58. The van der Waals surface area contributed by atoms with Gasteiger partial charge in [0.2, 0.25) is 5.75 Å². The van der Waals surface area contributed by atoms with Crippen molar-refractivity contribution in [3.8, 4) is 23.3 Å². The van der Waals surface area contributed by atoms with E-state index in [0.717, 1.165) is 12.0 Å². The highest BCUT2D eigenvalue weighted by Gasteiger charge is 2.51. The fraction of sp³-hybridized carbons (Fsp3) is 0.500. The van der Waals surface area contributed by atoms with E-state index in [4.69, 9.17) is 19.5 Å². The average molecular weight is 247 g/mol. The molecule has 2 unspecified atom stereocenters. The van der Waals surface area contributed by atoms with Gasteiger partial charge in [-0.15, -0.1) is 0 Å². The summed E-state index contributed by atoms with van der Waals surface area (Å²) >= 11 is 0. The minimum absolute atomic E-state index is 0.246. The highest BCUT2D eigenvalue weighted by Crippen LogP contribution is 2.60. The monoisotopic (exact) mass is 247 g/mol. The van der Waals surface area contributed by atoms with Crippen LogP contribution < -0.4 is 14.2 Å². The highest BCUT2D eigenvalue weighted by atomic mass is 16.5. The summed E-state index contributed by atoms with van der Waals surface area (Å²) in [6.07, 6.45) is 0.877. The zero-order valence-corrected chi connectivity index (χ0v) is 11.1. The Bertz CT molecular complexity index is 481. The summed E-state index contributed by atoms with van der Waals surface area (Å²) in [5.41, 5.74) is 0.804. The van der Waals surface area contributed by atoms with Crippen molar-refractivity contribution >= 4 is 0 Å².